The van der Waals surface area contributed by atoms with Gasteiger partial charge in [-0.05, 0) is 19.8 Å². The van der Waals surface area contributed by atoms with Crippen LogP contribution in [0.15, 0.2) is 12.2 Å². The quantitative estimate of drug-likeness (QED) is 0.264. The van der Waals surface area contributed by atoms with Gasteiger partial charge in [-0.1, -0.05) is 57.9 Å². The highest BCUT2D eigenvalue weighted by Gasteiger charge is 2.01. The molecule has 0 atom stereocenters. The van der Waals surface area contributed by atoms with E-state index >= 15 is 0 Å². The van der Waals surface area contributed by atoms with Crippen LogP contribution in [0, 0.1) is 0 Å². The molecular formula is C17H32O3. The van der Waals surface area contributed by atoms with Crippen molar-refractivity contribution < 1.29 is 14.3 Å². The van der Waals surface area contributed by atoms with Gasteiger partial charge in [0, 0.05) is 19.3 Å². The molecule has 0 aliphatic heterocycles. The van der Waals surface area contributed by atoms with Crippen LogP contribution in [-0.4, -0.2) is 26.3 Å². The summed E-state index contributed by atoms with van der Waals surface area (Å²) in [6.07, 6.45) is 12.5. The van der Waals surface area contributed by atoms with Crippen molar-refractivity contribution in [2.24, 2.45) is 0 Å². The second-order valence-electron chi connectivity index (χ2n) is 5.44. The van der Waals surface area contributed by atoms with Crippen LogP contribution in [0.1, 0.15) is 71.1 Å². The van der Waals surface area contributed by atoms with Crippen molar-refractivity contribution >= 4 is 5.97 Å². The maximum absolute atomic E-state index is 11.1. The van der Waals surface area contributed by atoms with Crippen molar-refractivity contribution in [2.45, 2.75) is 71.1 Å². The molecule has 3 heteroatoms. The minimum absolute atomic E-state index is 0.265. The first kappa shape index (κ1) is 19.2. The standard InChI is InChI=1S/C17H32O3/c1-16(2)17(18)20-15-13-11-9-7-5-4-6-8-10-12-14-19-3/h1,4-15H2,2-3H3. The summed E-state index contributed by atoms with van der Waals surface area (Å²) < 4.78 is 10.1. The van der Waals surface area contributed by atoms with Crippen LogP contribution in [-0.2, 0) is 14.3 Å². The van der Waals surface area contributed by atoms with Crippen molar-refractivity contribution in [2.75, 3.05) is 20.3 Å². The van der Waals surface area contributed by atoms with Crippen LogP contribution in [0.4, 0.5) is 0 Å². The van der Waals surface area contributed by atoms with E-state index in [-0.39, 0.29) is 5.97 Å². The van der Waals surface area contributed by atoms with Crippen LogP contribution in [0.25, 0.3) is 0 Å². The van der Waals surface area contributed by atoms with Crippen LogP contribution < -0.4 is 0 Å². The van der Waals surface area contributed by atoms with Gasteiger partial charge in [0.25, 0.3) is 0 Å². The lowest BCUT2D eigenvalue weighted by Crippen LogP contribution is -2.05. The highest BCUT2D eigenvalue weighted by atomic mass is 16.5. The zero-order chi connectivity index (χ0) is 15.1. The van der Waals surface area contributed by atoms with Gasteiger partial charge in [0.1, 0.15) is 0 Å². The normalized spacial score (nSPS) is 10.5. The van der Waals surface area contributed by atoms with E-state index in [1.807, 2.05) is 0 Å². The van der Waals surface area contributed by atoms with E-state index in [1.54, 1.807) is 14.0 Å². The Morgan fingerprint density at radius 3 is 1.60 bits per heavy atom. The zero-order valence-corrected chi connectivity index (χ0v) is 13.4. The summed E-state index contributed by atoms with van der Waals surface area (Å²) in [5.41, 5.74) is 0.482. The van der Waals surface area contributed by atoms with Gasteiger partial charge in [-0.2, -0.15) is 0 Å². The molecule has 0 N–H and O–H groups in total. The van der Waals surface area contributed by atoms with Gasteiger partial charge in [-0.25, -0.2) is 4.79 Å². The minimum Gasteiger partial charge on any atom is -0.462 e. The van der Waals surface area contributed by atoms with Gasteiger partial charge >= 0.3 is 5.97 Å². The second kappa shape index (κ2) is 14.6. The van der Waals surface area contributed by atoms with E-state index in [0.717, 1.165) is 19.4 Å². The molecule has 0 spiro atoms. The number of ether oxygens (including phenoxy) is 2. The first-order chi connectivity index (χ1) is 9.68. The van der Waals surface area contributed by atoms with Crippen molar-refractivity contribution in [1.29, 1.82) is 0 Å². The van der Waals surface area contributed by atoms with Gasteiger partial charge in [-0.15, -0.1) is 0 Å². The number of methoxy groups -OCH3 is 1. The largest absolute Gasteiger partial charge is 0.462 e. The topological polar surface area (TPSA) is 35.5 Å². The maximum Gasteiger partial charge on any atom is 0.333 e. The Labute approximate surface area is 124 Å². The molecule has 0 aromatic rings. The lowest BCUT2D eigenvalue weighted by atomic mass is 10.1. The fourth-order valence-electron chi connectivity index (χ4n) is 2.05. The zero-order valence-electron chi connectivity index (χ0n) is 13.4. The number of unbranched alkanes of at least 4 members (excludes halogenated alkanes) is 9. The third-order valence-electron chi connectivity index (χ3n) is 3.32. The average Bonchev–Trinajstić information content (AvgIpc) is 2.43. The van der Waals surface area contributed by atoms with Crippen molar-refractivity contribution in [1.82, 2.24) is 0 Å². The SMILES string of the molecule is C=C(C)C(=O)OCCCCCCCCCCCCOC. The van der Waals surface area contributed by atoms with Crippen molar-refractivity contribution in [3.63, 3.8) is 0 Å². The monoisotopic (exact) mass is 284 g/mol. The van der Waals surface area contributed by atoms with E-state index in [9.17, 15) is 4.79 Å². The molecule has 0 amide bonds. The number of carbonyl (C=O) groups excluding carboxylic acids is 1. The Morgan fingerprint density at radius 1 is 0.800 bits per heavy atom. The van der Waals surface area contributed by atoms with E-state index in [4.69, 9.17) is 9.47 Å². The van der Waals surface area contributed by atoms with Crippen molar-refractivity contribution in [3.05, 3.63) is 12.2 Å². The first-order valence-electron chi connectivity index (χ1n) is 8.00. The number of rotatable bonds is 14. The predicted molar refractivity (Wildman–Crippen MR) is 83.8 cm³/mol. The lowest BCUT2D eigenvalue weighted by molar-refractivity contribution is -0.139. The predicted octanol–water partition coefficient (Wildman–Crippen LogP) is 4.65. The highest BCUT2D eigenvalue weighted by Crippen LogP contribution is 2.10. The Morgan fingerprint density at radius 2 is 1.20 bits per heavy atom. The van der Waals surface area contributed by atoms with Gasteiger partial charge in [0.2, 0.25) is 0 Å². The molecule has 0 aromatic heterocycles. The van der Waals surface area contributed by atoms with Crippen LogP contribution in [0.5, 0.6) is 0 Å². The van der Waals surface area contributed by atoms with E-state index in [2.05, 4.69) is 6.58 Å². The molecule has 118 valence electrons. The summed E-state index contributed by atoms with van der Waals surface area (Å²) in [5.74, 6) is -0.265. The Balaban J connectivity index is 3.06. The average molecular weight is 284 g/mol. The van der Waals surface area contributed by atoms with Crippen LogP contribution >= 0.6 is 0 Å². The van der Waals surface area contributed by atoms with Gasteiger partial charge in [0.15, 0.2) is 0 Å². The van der Waals surface area contributed by atoms with E-state index in [1.165, 1.54) is 51.4 Å². The Kier molecular flexibility index (Phi) is 14.0. The lowest BCUT2D eigenvalue weighted by Gasteiger charge is -2.04. The summed E-state index contributed by atoms with van der Waals surface area (Å²) in [5, 5.41) is 0. The molecule has 0 fully saturated rings. The highest BCUT2D eigenvalue weighted by molar-refractivity contribution is 5.86. The van der Waals surface area contributed by atoms with Gasteiger partial charge in [-0.3, -0.25) is 0 Å². The first-order valence-corrected chi connectivity index (χ1v) is 8.00. The molecule has 20 heavy (non-hydrogen) atoms. The molecule has 0 bridgehead atoms. The molecule has 0 aliphatic rings. The molecule has 3 nitrogen and oxygen atoms in total. The van der Waals surface area contributed by atoms with Crippen LogP contribution in [0.3, 0.4) is 0 Å². The molecule has 0 unspecified atom stereocenters. The smallest absolute Gasteiger partial charge is 0.333 e. The summed E-state index contributed by atoms with van der Waals surface area (Å²) in [6, 6.07) is 0. The van der Waals surface area contributed by atoms with E-state index < -0.39 is 0 Å². The van der Waals surface area contributed by atoms with Crippen LogP contribution in [0.2, 0.25) is 0 Å². The van der Waals surface area contributed by atoms with Crippen molar-refractivity contribution in [3.8, 4) is 0 Å². The molecule has 0 aliphatic carbocycles. The molecule has 0 saturated carbocycles. The minimum atomic E-state index is -0.265. The third-order valence-corrected chi connectivity index (χ3v) is 3.32. The summed E-state index contributed by atoms with van der Waals surface area (Å²) in [7, 11) is 1.76. The molecular weight excluding hydrogens is 252 g/mol. The molecule has 0 radical (unpaired) electrons. The molecule has 0 rings (SSSR count). The molecule has 0 saturated heterocycles. The number of esters is 1. The summed E-state index contributed by atoms with van der Waals surface area (Å²) >= 11 is 0. The Bertz CT molecular complexity index is 249. The van der Waals surface area contributed by atoms with E-state index in [0.29, 0.717) is 12.2 Å². The fourth-order valence-corrected chi connectivity index (χ4v) is 2.05. The number of hydrogen-bond donors (Lipinski definition) is 0. The maximum atomic E-state index is 11.1. The number of hydrogen-bond acceptors (Lipinski definition) is 3. The summed E-state index contributed by atoms with van der Waals surface area (Å²) in [6.45, 7) is 6.66. The van der Waals surface area contributed by atoms with Gasteiger partial charge < -0.3 is 9.47 Å². The fraction of sp³-hybridized carbons (Fsp3) is 0.824. The Hall–Kier alpha value is -0.830. The second-order valence-corrected chi connectivity index (χ2v) is 5.44. The number of carbonyl (C=O) groups is 1. The molecule has 0 heterocycles. The summed E-state index contributed by atoms with van der Waals surface area (Å²) in [4.78, 5) is 11.1. The van der Waals surface area contributed by atoms with Gasteiger partial charge in [0.05, 0.1) is 6.61 Å². The third kappa shape index (κ3) is 13.6. The molecule has 0 aromatic carbocycles.